The Morgan fingerprint density at radius 2 is 1.78 bits per heavy atom. The molecular weight excluding hydrogens is 496 g/mol. The molecular formula is C28H35ClN2O6. The second-order valence-corrected chi connectivity index (χ2v) is 8.94. The predicted octanol–water partition coefficient (Wildman–Crippen LogP) is 4.91. The van der Waals surface area contributed by atoms with Gasteiger partial charge in [-0.25, -0.2) is 0 Å². The highest BCUT2D eigenvalue weighted by molar-refractivity contribution is 6.46. The summed E-state index contributed by atoms with van der Waals surface area (Å²) in [5, 5.41) is 11.7. The van der Waals surface area contributed by atoms with Crippen LogP contribution in [-0.2, 0) is 9.59 Å². The lowest BCUT2D eigenvalue weighted by Gasteiger charge is -2.28. The number of ether oxygens (including phenoxy) is 3. The van der Waals surface area contributed by atoms with Crippen LogP contribution in [0.4, 0.5) is 0 Å². The topological polar surface area (TPSA) is 88.5 Å². The third kappa shape index (κ3) is 5.86. The van der Waals surface area contributed by atoms with Crippen LogP contribution in [0, 0.1) is 0 Å². The maximum absolute atomic E-state index is 13.4. The number of aliphatic hydroxyl groups excluding tert-OH is 1. The van der Waals surface area contributed by atoms with Crippen molar-refractivity contribution in [3.63, 3.8) is 0 Å². The minimum Gasteiger partial charge on any atom is -0.507 e. The van der Waals surface area contributed by atoms with Crippen LogP contribution in [0.25, 0.3) is 5.76 Å². The maximum Gasteiger partial charge on any atom is 0.295 e. The Morgan fingerprint density at radius 3 is 2.38 bits per heavy atom. The van der Waals surface area contributed by atoms with Gasteiger partial charge in [-0.3, -0.25) is 9.59 Å². The van der Waals surface area contributed by atoms with Gasteiger partial charge in [0.1, 0.15) is 11.5 Å². The van der Waals surface area contributed by atoms with E-state index in [1.165, 1.54) is 25.2 Å². The number of carbonyl (C=O) groups excluding carboxylic acids is 2. The van der Waals surface area contributed by atoms with Crippen LogP contribution >= 0.6 is 11.6 Å². The Kier molecular flexibility index (Phi) is 9.83. The van der Waals surface area contributed by atoms with Gasteiger partial charge in [0.05, 0.1) is 37.5 Å². The van der Waals surface area contributed by atoms with Crippen molar-refractivity contribution in [2.75, 3.05) is 47.0 Å². The molecule has 9 heteroatoms. The Bertz CT molecular complexity index is 1160. The molecule has 2 aromatic rings. The molecule has 1 heterocycles. The van der Waals surface area contributed by atoms with Crippen LogP contribution in [0.3, 0.4) is 0 Å². The highest BCUT2D eigenvalue weighted by atomic mass is 35.5. The summed E-state index contributed by atoms with van der Waals surface area (Å²) in [5.41, 5.74) is 0.823. The normalized spacial score (nSPS) is 16.9. The SMILES string of the molecule is CCOc1ccc(/C(O)=C2\C(=O)C(=O)N(CCCN(CC)CC)[C@H]2c2cccc(OC)c2OC)cc1Cl. The van der Waals surface area contributed by atoms with Crippen molar-refractivity contribution in [1.82, 2.24) is 9.80 Å². The minimum atomic E-state index is -0.868. The molecule has 0 radical (unpaired) electrons. The van der Waals surface area contributed by atoms with Gasteiger partial charge in [0.15, 0.2) is 11.5 Å². The van der Waals surface area contributed by atoms with E-state index in [1.807, 2.05) is 6.92 Å². The van der Waals surface area contributed by atoms with E-state index in [4.69, 9.17) is 25.8 Å². The highest BCUT2D eigenvalue weighted by Gasteiger charge is 2.47. The number of nitrogens with zero attached hydrogens (tertiary/aromatic N) is 2. The number of hydrogen-bond acceptors (Lipinski definition) is 7. The number of rotatable bonds is 12. The van der Waals surface area contributed by atoms with E-state index in [1.54, 1.807) is 30.3 Å². The highest BCUT2D eigenvalue weighted by Crippen LogP contribution is 2.45. The number of halogens is 1. The Balaban J connectivity index is 2.14. The summed E-state index contributed by atoms with van der Waals surface area (Å²) >= 11 is 6.36. The van der Waals surface area contributed by atoms with E-state index in [-0.39, 0.29) is 16.4 Å². The van der Waals surface area contributed by atoms with Crippen LogP contribution in [0.2, 0.25) is 5.02 Å². The first kappa shape index (κ1) is 28.3. The van der Waals surface area contributed by atoms with Gasteiger partial charge < -0.3 is 29.1 Å². The lowest BCUT2D eigenvalue weighted by molar-refractivity contribution is -0.140. The summed E-state index contributed by atoms with van der Waals surface area (Å²) in [4.78, 5) is 30.4. The summed E-state index contributed by atoms with van der Waals surface area (Å²) in [6.07, 6.45) is 0.659. The number of benzene rings is 2. The fourth-order valence-corrected chi connectivity index (χ4v) is 4.88. The van der Waals surface area contributed by atoms with Gasteiger partial charge in [0.2, 0.25) is 0 Å². The molecule has 0 aliphatic carbocycles. The number of hydrogen-bond donors (Lipinski definition) is 1. The zero-order valence-corrected chi connectivity index (χ0v) is 22.8. The predicted molar refractivity (Wildman–Crippen MR) is 144 cm³/mol. The molecule has 0 unspecified atom stereocenters. The van der Waals surface area contributed by atoms with E-state index in [9.17, 15) is 14.7 Å². The summed E-state index contributed by atoms with van der Waals surface area (Å²) in [6, 6.07) is 9.17. The first-order valence-corrected chi connectivity index (χ1v) is 12.8. The summed E-state index contributed by atoms with van der Waals surface area (Å²) in [7, 11) is 3.02. The fourth-order valence-electron chi connectivity index (χ4n) is 4.64. The molecule has 3 rings (SSSR count). The lowest BCUT2D eigenvalue weighted by atomic mass is 9.94. The van der Waals surface area contributed by atoms with Gasteiger partial charge in [-0.2, -0.15) is 0 Å². The molecule has 1 fully saturated rings. The van der Waals surface area contributed by atoms with Crippen LogP contribution in [-0.4, -0.2) is 73.6 Å². The molecule has 1 aliphatic heterocycles. The molecule has 1 amide bonds. The molecule has 200 valence electrons. The summed E-state index contributed by atoms with van der Waals surface area (Å²) in [5.74, 6) is -0.444. The monoisotopic (exact) mass is 530 g/mol. The number of ketones is 1. The first-order chi connectivity index (χ1) is 17.8. The average Bonchev–Trinajstić information content (AvgIpc) is 3.16. The molecule has 0 saturated carbocycles. The van der Waals surface area contributed by atoms with Gasteiger partial charge >= 0.3 is 0 Å². The number of likely N-dealkylation sites (tertiary alicyclic amines) is 1. The Morgan fingerprint density at radius 1 is 1.05 bits per heavy atom. The van der Waals surface area contributed by atoms with Crippen LogP contribution < -0.4 is 14.2 Å². The number of Topliss-reactive ketones (excluding diaryl/α,β-unsaturated/α-hetero) is 1. The zero-order chi connectivity index (χ0) is 27.1. The smallest absolute Gasteiger partial charge is 0.295 e. The third-order valence-corrected chi connectivity index (χ3v) is 6.84. The molecule has 37 heavy (non-hydrogen) atoms. The number of methoxy groups -OCH3 is 2. The minimum absolute atomic E-state index is 0.0281. The maximum atomic E-state index is 13.4. The second kappa shape index (κ2) is 12.8. The van der Waals surface area contributed by atoms with Crippen molar-refractivity contribution in [2.45, 2.75) is 33.2 Å². The van der Waals surface area contributed by atoms with Crippen molar-refractivity contribution < 1.29 is 28.9 Å². The van der Waals surface area contributed by atoms with Gasteiger partial charge in [-0.15, -0.1) is 0 Å². The zero-order valence-electron chi connectivity index (χ0n) is 22.0. The number of amides is 1. The molecule has 8 nitrogen and oxygen atoms in total. The van der Waals surface area contributed by atoms with Crippen molar-refractivity contribution in [2.24, 2.45) is 0 Å². The standard InChI is InChI=1S/C28H35ClN2O6/c1-6-30(7-2)15-10-16-31-24(19-11-9-12-22(35-4)27(19)36-5)23(26(33)28(31)34)25(32)18-13-14-21(37-8-3)20(29)17-18/h9,11-14,17,24,32H,6-8,10,15-16H2,1-5H3/b25-23+/t24-/m0/s1. The molecule has 0 aromatic heterocycles. The molecule has 1 saturated heterocycles. The molecule has 0 bridgehead atoms. The number of aliphatic hydroxyl groups is 1. The molecule has 2 aromatic carbocycles. The quantitative estimate of drug-likeness (QED) is 0.237. The van der Waals surface area contributed by atoms with Crippen molar-refractivity contribution in [3.05, 3.63) is 58.1 Å². The summed E-state index contributed by atoms with van der Waals surface area (Å²) in [6.45, 7) is 9.31. The van der Waals surface area contributed by atoms with Crippen LogP contribution in [0.15, 0.2) is 42.0 Å². The van der Waals surface area contributed by atoms with Crippen molar-refractivity contribution in [1.29, 1.82) is 0 Å². The molecule has 1 aliphatic rings. The Labute approximate surface area is 223 Å². The Hall–Kier alpha value is -3.23. The molecule has 1 atom stereocenters. The van der Waals surface area contributed by atoms with E-state index < -0.39 is 17.7 Å². The largest absolute Gasteiger partial charge is 0.507 e. The third-order valence-electron chi connectivity index (χ3n) is 6.54. The number of para-hydroxylation sites is 1. The van der Waals surface area contributed by atoms with Gasteiger partial charge in [-0.05, 0) is 57.2 Å². The summed E-state index contributed by atoms with van der Waals surface area (Å²) < 4.78 is 16.6. The van der Waals surface area contributed by atoms with Gasteiger partial charge in [-0.1, -0.05) is 37.6 Å². The van der Waals surface area contributed by atoms with E-state index in [0.29, 0.717) is 47.9 Å². The van der Waals surface area contributed by atoms with Crippen molar-refractivity contribution in [3.8, 4) is 17.2 Å². The van der Waals surface area contributed by atoms with Gasteiger partial charge in [0.25, 0.3) is 11.7 Å². The lowest BCUT2D eigenvalue weighted by Crippen LogP contribution is -2.33. The fraction of sp³-hybridized carbons (Fsp3) is 0.429. The van der Waals surface area contributed by atoms with E-state index in [0.717, 1.165) is 19.6 Å². The second-order valence-electron chi connectivity index (χ2n) is 8.53. The number of carbonyl (C=O) groups is 2. The van der Waals surface area contributed by atoms with E-state index >= 15 is 0 Å². The molecule has 0 spiro atoms. The van der Waals surface area contributed by atoms with Crippen molar-refractivity contribution >= 4 is 29.1 Å². The first-order valence-electron chi connectivity index (χ1n) is 12.5. The average molecular weight is 531 g/mol. The van der Waals surface area contributed by atoms with E-state index in [2.05, 4.69) is 18.7 Å². The van der Waals surface area contributed by atoms with Gasteiger partial charge in [0, 0.05) is 17.7 Å². The van der Waals surface area contributed by atoms with Crippen LogP contribution in [0.1, 0.15) is 44.4 Å². The molecule has 1 N–H and O–H groups in total. The van der Waals surface area contributed by atoms with Crippen LogP contribution in [0.5, 0.6) is 17.2 Å².